The normalized spacial score (nSPS) is 19.5. The Morgan fingerprint density at radius 2 is 1.52 bits per heavy atom. The van der Waals surface area contributed by atoms with Gasteiger partial charge in [0.25, 0.3) is 0 Å². The second kappa shape index (κ2) is 6.32. The predicted molar refractivity (Wildman–Crippen MR) is 101 cm³/mol. The van der Waals surface area contributed by atoms with Crippen molar-refractivity contribution in [2.75, 3.05) is 7.11 Å². The van der Waals surface area contributed by atoms with Crippen molar-refractivity contribution < 1.29 is 14.2 Å². The molecule has 1 aliphatic heterocycles. The quantitative estimate of drug-likeness (QED) is 0.592. The van der Waals surface area contributed by atoms with Gasteiger partial charge in [0.1, 0.15) is 17.2 Å². The van der Waals surface area contributed by atoms with Crippen LogP contribution in [0.2, 0.25) is 0 Å². The fourth-order valence-electron chi connectivity index (χ4n) is 3.63. The Bertz CT molecular complexity index is 916. The summed E-state index contributed by atoms with van der Waals surface area (Å²) < 4.78 is 18.3. The van der Waals surface area contributed by atoms with Crippen molar-refractivity contribution in [1.82, 2.24) is 0 Å². The summed E-state index contributed by atoms with van der Waals surface area (Å²) in [5.74, 6) is 2.50. The lowest BCUT2D eigenvalue weighted by Gasteiger charge is -2.19. The van der Waals surface area contributed by atoms with Crippen molar-refractivity contribution >= 4 is 10.8 Å². The molecule has 4 rings (SSSR count). The van der Waals surface area contributed by atoms with Crippen LogP contribution in [0.4, 0.5) is 0 Å². The number of ether oxygens (including phenoxy) is 3. The Kier molecular flexibility index (Phi) is 4.00. The first-order valence-electron chi connectivity index (χ1n) is 8.70. The van der Waals surface area contributed by atoms with Gasteiger partial charge in [0.05, 0.1) is 24.9 Å². The molecule has 25 heavy (non-hydrogen) atoms. The topological polar surface area (TPSA) is 27.7 Å². The molecule has 0 unspecified atom stereocenters. The monoisotopic (exact) mass is 334 g/mol. The zero-order valence-corrected chi connectivity index (χ0v) is 14.8. The number of methoxy groups -OCH3 is 1. The van der Waals surface area contributed by atoms with Gasteiger partial charge in [-0.2, -0.15) is 0 Å². The van der Waals surface area contributed by atoms with Gasteiger partial charge in [-0.25, -0.2) is 0 Å². The summed E-state index contributed by atoms with van der Waals surface area (Å²) >= 11 is 0. The van der Waals surface area contributed by atoms with E-state index in [-0.39, 0.29) is 12.2 Å². The van der Waals surface area contributed by atoms with Crippen molar-refractivity contribution in [3.63, 3.8) is 0 Å². The van der Waals surface area contributed by atoms with E-state index in [0.29, 0.717) is 0 Å². The summed E-state index contributed by atoms with van der Waals surface area (Å²) in [5, 5.41) is 2.30. The van der Waals surface area contributed by atoms with Crippen molar-refractivity contribution in [2.45, 2.75) is 32.5 Å². The second-order valence-corrected chi connectivity index (χ2v) is 6.59. The maximum atomic E-state index is 6.32. The molecule has 0 bridgehead atoms. The number of hydrogen-bond donors (Lipinski definition) is 0. The van der Waals surface area contributed by atoms with Gasteiger partial charge in [-0.05, 0) is 42.8 Å². The first-order valence-corrected chi connectivity index (χ1v) is 8.70. The molecule has 0 spiro atoms. The van der Waals surface area contributed by atoms with Crippen LogP contribution < -0.4 is 14.2 Å². The maximum absolute atomic E-state index is 6.32. The highest BCUT2D eigenvalue weighted by Gasteiger charge is 2.24. The molecule has 0 radical (unpaired) electrons. The summed E-state index contributed by atoms with van der Waals surface area (Å²) in [6.07, 6.45) is 0.944. The summed E-state index contributed by atoms with van der Waals surface area (Å²) in [6, 6.07) is 18.5. The van der Waals surface area contributed by atoms with E-state index in [9.17, 15) is 0 Å². The number of hydrogen-bond acceptors (Lipinski definition) is 3. The molecule has 0 aliphatic carbocycles. The third-order valence-corrected chi connectivity index (χ3v) is 4.67. The molecular weight excluding hydrogens is 312 g/mol. The highest BCUT2D eigenvalue weighted by molar-refractivity contribution is 6.02. The van der Waals surface area contributed by atoms with Crippen LogP contribution in [0.1, 0.15) is 20.3 Å². The second-order valence-electron chi connectivity index (χ2n) is 6.59. The molecule has 0 saturated heterocycles. The highest BCUT2D eigenvalue weighted by Crippen LogP contribution is 2.47. The van der Waals surface area contributed by atoms with Crippen molar-refractivity contribution in [3.8, 4) is 28.4 Å². The molecule has 0 N–H and O–H groups in total. The van der Waals surface area contributed by atoms with Gasteiger partial charge in [0.2, 0.25) is 0 Å². The molecule has 2 atom stereocenters. The summed E-state index contributed by atoms with van der Waals surface area (Å²) in [7, 11) is 1.69. The lowest BCUT2D eigenvalue weighted by molar-refractivity contribution is 0.134. The van der Waals surface area contributed by atoms with Gasteiger partial charge >= 0.3 is 0 Å². The Balaban J connectivity index is 2.10. The van der Waals surface area contributed by atoms with Gasteiger partial charge in [-0.1, -0.05) is 36.4 Å². The van der Waals surface area contributed by atoms with Crippen LogP contribution in [-0.4, -0.2) is 19.3 Å². The zero-order valence-electron chi connectivity index (χ0n) is 14.8. The molecule has 0 amide bonds. The van der Waals surface area contributed by atoms with Crippen molar-refractivity contribution in [3.05, 3.63) is 54.6 Å². The molecule has 0 aromatic heterocycles. The van der Waals surface area contributed by atoms with E-state index in [4.69, 9.17) is 14.2 Å². The van der Waals surface area contributed by atoms with E-state index >= 15 is 0 Å². The largest absolute Gasteiger partial charge is 0.496 e. The molecule has 3 aromatic rings. The minimum absolute atomic E-state index is 0.0569. The van der Waals surface area contributed by atoms with Gasteiger partial charge < -0.3 is 14.2 Å². The number of rotatable bonds is 1. The van der Waals surface area contributed by atoms with E-state index in [0.717, 1.165) is 40.2 Å². The van der Waals surface area contributed by atoms with Crippen molar-refractivity contribution in [1.29, 1.82) is 0 Å². The first-order chi connectivity index (χ1) is 12.2. The molecular formula is C22H22O3. The van der Waals surface area contributed by atoms with E-state index in [1.54, 1.807) is 7.11 Å². The lowest BCUT2D eigenvalue weighted by atomic mass is 9.95. The Morgan fingerprint density at radius 1 is 0.800 bits per heavy atom. The average Bonchev–Trinajstić information content (AvgIpc) is 2.66. The molecule has 0 saturated carbocycles. The minimum Gasteiger partial charge on any atom is -0.496 e. The molecule has 3 aromatic carbocycles. The summed E-state index contributed by atoms with van der Waals surface area (Å²) in [4.78, 5) is 0. The van der Waals surface area contributed by atoms with E-state index < -0.39 is 0 Å². The molecule has 3 heteroatoms. The number of fused-ring (bicyclic) bond motifs is 5. The molecule has 1 heterocycles. The van der Waals surface area contributed by atoms with Crippen LogP contribution in [0.5, 0.6) is 17.2 Å². The van der Waals surface area contributed by atoms with E-state index in [1.165, 1.54) is 5.39 Å². The van der Waals surface area contributed by atoms with Crippen LogP contribution in [0.3, 0.4) is 0 Å². The molecule has 3 nitrogen and oxygen atoms in total. The molecule has 128 valence electrons. The van der Waals surface area contributed by atoms with Gasteiger partial charge in [-0.15, -0.1) is 0 Å². The van der Waals surface area contributed by atoms with Gasteiger partial charge in [0, 0.05) is 12.0 Å². The Labute approximate surface area is 148 Å². The highest BCUT2D eigenvalue weighted by atomic mass is 16.5. The van der Waals surface area contributed by atoms with Crippen molar-refractivity contribution in [2.24, 2.45) is 0 Å². The first kappa shape index (κ1) is 15.8. The van der Waals surface area contributed by atoms with E-state index in [1.807, 2.05) is 18.2 Å². The molecule has 1 aliphatic rings. The summed E-state index contributed by atoms with van der Waals surface area (Å²) in [5.41, 5.74) is 1.99. The van der Waals surface area contributed by atoms with Gasteiger partial charge in [-0.3, -0.25) is 0 Å². The van der Waals surface area contributed by atoms with E-state index in [2.05, 4.69) is 50.2 Å². The minimum atomic E-state index is 0.0569. The third kappa shape index (κ3) is 2.80. The lowest BCUT2D eigenvalue weighted by Crippen LogP contribution is -2.22. The smallest absolute Gasteiger partial charge is 0.131 e. The third-order valence-electron chi connectivity index (χ3n) is 4.67. The Morgan fingerprint density at radius 3 is 2.28 bits per heavy atom. The number of benzene rings is 3. The SMILES string of the molecule is COc1cccc2c1-c1c(ccc3ccccc13)O[C@H](C)C[C@@H](C)O2. The zero-order chi connectivity index (χ0) is 17.4. The van der Waals surface area contributed by atoms with Crippen LogP contribution in [0.25, 0.3) is 21.9 Å². The van der Waals surface area contributed by atoms with Crippen LogP contribution in [-0.2, 0) is 0 Å². The average molecular weight is 334 g/mol. The fraction of sp³-hybridized carbons (Fsp3) is 0.273. The standard InChI is InChI=1S/C22H22O3/c1-14-13-15(2)25-20-12-11-16-7-4-5-8-17(16)21(20)22-18(23-3)9-6-10-19(22)24-14/h4-12,14-15H,13H2,1-3H3/t14-,15-/m1/s1. The van der Waals surface area contributed by atoms with Crippen LogP contribution in [0.15, 0.2) is 54.6 Å². The molecule has 0 fully saturated rings. The maximum Gasteiger partial charge on any atom is 0.131 e. The fourth-order valence-corrected chi connectivity index (χ4v) is 3.63. The predicted octanol–water partition coefficient (Wildman–Crippen LogP) is 5.45. The van der Waals surface area contributed by atoms with Gasteiger partial charge in [0.15, 0.2) is 0 Å². The van der Waals surface area contributed by atoms with Crippen LogP contribution >= 0.6 is 0 Å². The Hall–Kier alpha value is -2.68. The summed E-state index contributed by atoms with van der Waals surface area (Å²) in [6.45, 7) is 4.17. The van der Waals surface area contributed by atoms with Crippen LogP contribution in [0, 0.1) is 0 Å².